The maximum absolute atomic E-state index is 12.2. The molecule has 23 heavy (non-hydrogen) atoms. The van der Waals surface area contributed by atoms with Crippen LogP contribution in [0.3, 0.4) is 0 Å². The standard InChI is InChI=1S/C16H32N4O2S/c1-16(2,3)22-15(21)20-9-6-7-13(12-20)11-19-14(17-4)18-8-10-23-5/h13H,6-12H2,1-5H3,(H2,17,18,19). The minimum Gasteiger partial charge on any atom is -0.444 e. The summed E-state index contributed by atoms with van der Waals surface area (Å²) in [7, 11) is 1.78. The number of rotatable bonds is 5. The summed E-state index contributed by atoms with van der Waals surface area (Å²) in [6.45, 7) is 8.94. The minimum atomic E-state index is -0.439. The number of amides is 1. The molecule has 1 fully saturated rings. The van der Waals surface area contributed by atoms with Gasteiger partial charge in [0.1, 0.15) is 5.60 Å². The molecule has 0 aromatic heterocycles. The number of hydrogen-bond acceptors (Lipinski definition) is 4. The number of carbonyl (C=O) groups excluding carboxylic acids is 1. The maximum Gasteiger partial charge on any atom is 0.410 e. The van der Waals surface area contributed by atoms with E-state index in [1.165, 1.54) is 0 Å². The van der Waals surface area contributed by atoms with Crippen LogP contribution in [-0.4, -0.2) is 67.8 Å². The van der Waals surface area contributed by atoms with Crippen molar-refractivity contribution in [2.24, 2.45) is 10.9 Å². The fourth-order valence-electron chi connectivity index (χ4n) is 2.46. The van der Waals surface area contributed by atoms with E-state index in [4.69, 9.17) is 4.74 Å². The number of nitrogens with zero attached hydrogens (tertiary/aromatic N) is 2. The normalized spacial score (nSPS) is 19.4. The van der Waals surface area contributed by atoms with E-state index in [-0.39, 0.29) is 6.09 Å². The molecule has 1 atom stereocenters. The molecule has 1 rings (SSSR count). The zero-order valence-corrected chi connectivity index (χ0v) is 16.0. The van der Waals surface area contributed by atoms with Crippen molar-refractivity contribution in [3.8, 4) is 0 Å². The Kier molecular flexibility index (Phi) is 8.58. The number of guanidine groups is 1. The molecule has 1 saturated heterocycles. The molecule has 0 radical (unpaired) electrons. The zero-order valence-electron chi connectivity index (χ0n) is 15.1. The number of carbonyl (C=O) groups is 1. The molecule has 1 heterocycles. The van der Waals surface area contributed by atoms with Gasteiger partial charge in [-0.25, -0.2) is 4.79 Å². The van der Waals surface area contributed by atoms with Crippen LogP contribution in [0.2, 0.25) is 0 Å². The Morgan fingerprint density at radius 2 is 2.13 bits per heavy atom. The molecule has 0 spiro atoms. The fourth-order valence-corrected chi connectivity index (χ4v) is 2.76. The van der Waals surface area contributed by atoms with Gasteiger partial charge in [-0.15, -0.1) is 0 Å². The first-order valence-corrected chi connectivity index (χ1v) is 9.66. The molecule has 1 aliphatic heterocycles. The van der Waals surface area contributed by atoms with Crippen molar-refractivity contribution in [2.45, 2.75) is 39.2 Å². The van der Waals surface area contributed by atoms with E-state index in [1.54, 1.807) is 18.8 Å². The lowest BCUT2D eigenvalue weighted by Crippen LogP contribution is -2.47. The van der Waals surface area contributed by atoms with Gasteiger partial charge in [-0.3, -0.25) is 4.99 Å². The molecule has 7 heteroatoms. The van der Waals surface area contributed by atoms with Crippen LogP contribution in [0, 0.1) is 5.92 Å². The van der Waals surface area contributed by atoms with Crippen molar-refractivity contribution in [3.63, 3.8) is 0 Å². The van der Waals surface area contributed by atoms with Crippen LogP contribution in [-0.2, 0) is 4.74 Å². The molecule has 0 aliphatic carbocycles. The summed E-state index contributed by atoms with van der Waals surface area (Å²) in [4.78, 5) is 18.2. The van der Waals surface area contributed by atoms with E-state index in [1.807, 2.05) is 25.7 Å². The summed E-state index contributed by atoms with van der Waals surface area (Å²) in [5.41, 5.74) is -0.439. The SMILES string of the molecule is CN=C(NCCSC)NCC1CCCN(C(=O)OC(C)(C)C)C1. The molecule has 0 aromatic rings. The average Bonchev–Trinajstić information content (AvgIpc) is 2.49. The van der Waals surface area contributed by atoms with Crippen molar-refractivity contribution in [3.05, 3.63) is 0 Å². The van der Waals surface area contributed by atoms with Gasteiger partial charge in [-0.1, -0.05) is 0 Å². The predicted octanol–water partition coefficient (Wildman–Crippen LogP) is 2.16. The number of thioether (sulfide) groups is 1. The van der Waals surface area contributed by atoms with Crippen LogP contribution in [0.5, 0.6) is 0 Å². The summed E-state index contributed by atoms with van der Waals surface area (Å²) in [6.07, 6.45) is 4.02. The Hall–Kier alpha value is -1.11. The number of ether oxygens (including phenoxy) is 1. The Morgan fingerprint density at radius 1 is 1.39 bits per heavy atom. The lowest BCUT2D eigenvalue weighted by atomic mass is 9.98. The molecule has 1 amide bonds. The molecule has 134 valence electrons. The first kappa shape index (κ1) is 19.9. The molecule has 0 aromatic carbocycles. The van der Waals surface area contributed by atoms with E-state index < -0.39 is 5.60 Å². The molecular weight excluding hydrogens is 312 g/mol. The summed E-state index contributed by atoms with van der Waals surface area (Å²) in [5, 5.41) is 6.64. The highest BCUT2D eigenvalue weighted by molar-refractivity contribution is 7.98. The lowest BCUT2D eigenvalue weighted by molar-refractivity contribution is 0.0168. The third kappa shape index (κ3) is 8.34. The Labute approximate surface area is 144 Å². The molecule has 2 N–H and O–H groups in total. The smallest absolute Gasteiger partial charge is 0.410 e. The topological polar surface area (TPSA) is 66.0 Å². The molecular formula is C16H32N4O2S. The highest BCUT2D eigenvalue weighted by Crippen LogP contribution is 2.18. The second-order valence-corrected chi connectivity index (χ2v) is 7.79. The first-order chi connectivity index (χ1) is 10.9. The van der Waals surface area contributed by atoms with Crippen molar-refractivity contribution in [2.75, 3.05) is 45.2 Å². The van der Waals surface area contributed by atoms with Gasteiger partial charge in [0.2, 0.25) is 0 Å². The van der Waals surface area contributed by atoms with Crippen molar-refractivity contribution in [1.82, 2.24) is 15.5 Å². The maximum atomic E-state index is 12.2. The zero-order chi connectivity index (χ0) is 17.3. The molecule has 0 bridgehead atoms. The highest BCUT2D eigenvalue weighted by atomic mass is 32.2. The Balaban J connectivity index is 2.38. The predicted molar refractivity (Wildman–Crippen MR) is 98.3 cm³/mol. The summed E-state index contributed by atoms with van der Waals surface area (Å²) in [6, 6.07) is 0. The van der Waals surface area contributed by atoms with Gasteiger partial charge in [0, 0.05) is 39.0 Å². The van der Waals surface area contributed by atoms with E-state index in [0.717, 1.165) is 50.7 Å². The monoisotopic (exact) mass is 344 g/mol. The van der Waals surface area contributed by atoms with E-state index in [0.29, 0.717) is 5.92 Å². The second-order valence-electron chi connectivity index (χ2n) is 6.81. The largest absolute Gasteiger partial charge is 0.444 e. The summed E-state index contributed by atoms with van der Waals surface area (Å²) in [5.74, 6) is 2.31. The van der Waals surface area contributed by atoms with Gasteiger partial charge in [0.05, 0.1) is 0 Å². The molecule has 1 unspecified atom stereocenters. The van der Waals surface area contributed by atoms with Crippen molar-refractivity contribution >= 4 is 23.8 Å². The number of aliphatic imine (C=N–C) groups is 1. The van der Waals surface area contributed by atoms with Gasteiger partial charge in [0.25, 0.3) is 0 Å². The van der Waals surface area contributed by atoms with E-state index in [2.05, 4.69) is 21.9 Å². The summed E-state index contributed by atoms with van der Waals surface area (Å²) >= 11 is 1.80. The second kappa shape index (κ2) is 9.90. The van der Waals surface area contributed by atoms with Crippen molar-refractivity contribution in [1.29, 1.82) is 0 Å². The third-order valence-corrected chi connectivity index (χ3v) is 4.16. The van der Waals surface area contributed by atoms with Crippen LogP contribution in [0.1, 0.15) is 33.6 Å². The number of hydrogen-bond donors (Lipinski definition) is 2. The molecule has 6 nitrogen and oxygen atoms in total. The van der Waals surface area contributed by atoms with Gasteiger partial charge in [-0.05, 0) is 45.8 Å². The molecule has 0 saturated carbocycles. The number of piperidine rings is 1. The third-order valence-electron chi connectivity index (χ3n) is 3.55. The lowest BCUT2D eigenvalue weighted by Gasteiger charge is -2.34. The van der Waals surface area contributed by atoms with Crippen LogP contribution in [0.4, 0.5) is 4.79 Å². The summed E-state index contributed by atoms with van der Waals surface area (Å²) < 4.78 is 5.47. The fraction of sp³-hybridized carbons (Fsp3) is 0.875. The van der Waals surface area contributed by atoms with E-state index >= 15 is 0 Å². The van der Waals surface area contributed by atoms with Gasteiger partial charge in [0.15, 0.2) is 5.96 Å². The van der Waals surface area contributed by atoms with Crippen LogP contribution >= 0.6 is 11.8 Å². The number of nitrogens with one attached hydrogen (secondary N) is 2. The quantitative estimate of drug-likeness (QED) is 0.454. The highest BCUT2D eigenvalue weighted by Gasteiger charge is 2.27. The van der Waals surface area contributed by atoms with Crippen molar-refractivity contribution < 1.29 is 9.53 Å². The Bertz CT molecular complexity index is 396. The van der Waals surface area contributed by atoms with Crippen LogP contribution < -0.4 is 10.6 Å². The minimum absolute atomic E-state index is 0.204. The first-order valence-electron chi connectivity index (χ1n) is 8.27. The van der Waals surface area contributed by atoms with Gasteiger partial charge < -0.3 is 20.3 Å². The van der Waals surface area contributed by atoms with Crippen LogP contribution in [0.15, 0.2) is 4.99 Å². The van der Waals surface area contributed by atoms with E-state index in [9.17, 15) is 4.79 Å². The van der Waals surface area contributed by atoms with Gasteiger partial charge in [-0.2, -0.15) is 11.8 Å². The average molecular weight is 345 g/mol. The number of likely N-dealkylation sites (tertiary alicyclic amines) is 1. The van der Waals surface area contributed by atoms with Crippen LogP contribution in [0.25, 0.3) is 0 Å². The van der Waals surface area contributed by atoms with Gasteiger partial charge >= 0.3 is 6.09 Å². The Morgan fingerprint density at radius 3 is 2.74 bits per heavy atom. The molecule has 1 aliphatic rings.